The van der Waals surface area contributed by atoms with Crippen molar-refractivity contribution in [1.82, 2.24) is 9.80 Å². The van der Waals surface area contributed by atoms with Gasteiger partial charge in [-0.25, -0.2) is 4.39 Å². The molecule has 0 bridgehead atoms. The molecule has 2 saturated heterocycles. The van der Waals surface area contributed by atoms with Crippen molar-refractivity contribution in [2.24, 2.45) is 5.92 Å². The number of hydrogen-bond acceptors (Lipinski definition) is 5. The molecular weight excluding hydrogens is 443 g/mol. The fraction of sp³-hybridized carbons (Fsp3) is 0.320. The molecule has 0 N–H and O–H groups in total. The number of ether oxygens (including phenoxy) is 1. The van der Waals surface area contributed by atoms with Crippen molar-refractivity contribution in [2.45, 2.75) is 26.4 Å². The Labute approximate surface area is 196 Å². The summed E-state index contributed by atoms with van der Waals surface area (Å²) in [6.45, 7) is 3.24. The fourth-order valence-corrected chi connectivity index (χ4v) is 4.60. The molecule has 2 aliphatic rings. The smallest absolute Gasteiger partial charge is 0.294 e. The number of amides is 3. The lowest BCUT2D eigenvalue weighted by molar-refractivity contribution is -0.136. The van der Waals surface area contributed by atoms with Crippen LogP contribution >= 0.6 is 11.8 Å². The zero-order valence-corrected chi connectivity index (χ0v) is 19.1. The summed E-state index contributed by atoms with van der Waals surface area (Å²) in [5.74, 6) is -0.0171. The first-order chi connectivity index (χ1) is 15.9. The molecular formula is C25H25FN2O4S. The molecule has 0 unspecified atom stereocenters. The number of benzene rings is 2. The van der Waals surface area contributed by atoms with Gasteiger partial charge >= 0.3 is 0 Å². The maximum absolute atomic E-state index is 13.9. The Hall–Kier alpha value is -3.13. The van der Waals surface area contributed by atoms with Crippen molar-refractivity contribution >= 4 is 34.9 Å². The van der Waals surface area contributed by atoms with Gasteiger partial charge in [-0.15, -0.1) is 0 Å². The quantitative estimate of drug-likeness (QED) is 0.575. The molecule has 8 heteroatoms. The zero-order chi connectivity index (χ0) is 23.4. The highest BCUT2D eigenvalue weighted by atomic mass is 32.2. The van der Waals surface area contributed by atoms with Gasteiger partial charge in [0, 0.05) is 24.2 Å². The highest BCUT2D eigenvalue weighted by molar-refractivity contribution is 8.18. The molecule has 4 rings (SSSR count). The summed E-state index contributed by atoms with van der Waals surface area (Å²) < 4.78 is 19.7. The van der Waals surface area contributed by atoms with E-state index in [1.807, 2.05) is 0 Å². The van der Waals surface area contributed by atoms with Crippen LogP contribution in [-0.4, -0.2) is 46.5 Å². The van der Waals surface area contributed by atoms with Crippen molar-refractivity contribution < 1.29 is 23.5 Å². The largest absolute Gasteiger partial charge is 0.488 e. The van der Waals surface area contributed by atoms with Gasteiger partial charge in [0.15, 0.2) is 0 Å². The van der Waals surface area contributed by atoms with Gasteiger partial charge in [0.2, 0.25) is 5.91 Å². The number of rotatable bonds is 6. The van der Waals surface area contributed by atoms with E-state index in [0.29, 0.717) is 35.9 Å². The lowest BCUT2D eigenvalue weighted by atomic mass is 9.99. The van der Waals surface area contributed by atoms with Crippen molar-refractivity contribution in [3.05, 3.63) is 70.4 Å². The molecule has 0 spiro atoms. The molecule has 2 aromatic rings. The van der Waals surface area contributed by atoms with E-state index in [9.17, 15) is 18.8 Å². The third-order valence-corrected chi connectivity index (χ3v) is 6.76. The minimum atomic E-state index is -0.493. The summed E-state index contributed by atoms with van der Waals surface area (Å²) in [6.07, 6.45) is 3.43. The van der Waals surface area contributed by atoms with Crippen LogP contribution in [0.4, 0.5) is 9.18 Å². The normalized spacial score (nSPS) is 18.3. The maximum Gasteiger partial charge on any atom is 0.294 e. The predicted molar refractivity (Wildman–Crippen MR) is 125 cm³/mol. The highest BCUT2D eigenvalue weighted by Crippen LogP contribution is 2.34. The average molecular weight is 469 g/mol. The molecule has 2 aromatic carbocycles. The van der Waals surface area contributed by atoms with E-state index in [2.05, 4.69) is 6.92 Å². The summed E-state index contributed by atoms with van der Waals surface area (Å²) in [6, 6.07) is 13.4. The molecule has 33 heavy (non-hydrogen) atoms. The van der Waals surface area contributed by atoms with E-state index in [1.54, 1.807) is 53.4 Å². The summed E-state index contributed by atoms with van der Waals surface area (Å²) in [5.41, 5.74) is 1.01. The minimum absolute atomic E-state index is 0.0297. The predicted octanol–water partition coefficient (Wildman–Crippen LogP) is 4.70. The van der Waals surface area contributed by atoms with E-state index >= 15 is 0 Å². The van der Waals surface area contributed by atoms with Gasteiger partial charge in [-0.3, -0.25) is 19.3 Å². The topological polar surface area (TPSA) is 66.9 Å². The molecule has 0 atom stereocenters. The Bertz CT molecular complexity index is 1100. The number of hydrogen-bond donors (Lipinski definition) is 0. The van der Waals surface area contributed by atoms with Crippen molar-refractivity contribution in [2.75, 3.05) is 19.6 Å². The number of piperidine rings is 1. The monoisotopic (exact) mass is 468 g/mol. The number of halogens is 1. The number of thioether (sulfide) groups is 1. The van der Waals surface area contributed by atoms with E-state index in [0.717, 1.165) is 29.5 Å². The molecule has 2 heterocycles. The Kier molecular flexibility index (Phi) is 7.13. The van der Waals surface area contributed by atoms with Crippen LogP contribution in [0.3, 0.4) is 0 Å². The first-order valence-corrected chi connectivity index (χ1v) is 11.7. The molecule has 0 aromatic heterocycles. The SMILES string of the molecule is CC1CCN(C(=O)CN2C(=O)S/C(=C/c3ccccc3OCc3ccccc3F)C2=O)CC1. The van der Waals surface area contributed by atoms with E-state index < -0.39 is 11.1 Å². The molecule has 0 saturated carbocycles. The number of carbonyl (C=O) groups is 3. The van der Waals surface area contributed by atoms with Gasteiger partial charge in [0.05, 0.1) is 4.91 Å². The van der Waals surface area contributed by atoms with Crippen LogP contribution in [0.1, 0.15) is 30.9 Å². The average Bonchev–Trinajstić information content (AvgIpc) is 3.07. The van der Waals surface area contributed by atoms with E-state index in [1.165, 1.54) is 6.07 Å². The first kappa shape index (κ1) is 23.0. The second-order valence-electron chi connectivity index (χ2n) is 8.25. The highest BCUT2D eigenvalue weighted by Gasteiger charge is 2.37. The molecule has 3 amide bonds. The molecule has 2 fully saturated rings. The van der Waals surface area contributed by atoms with Crippen LogP contribution in [-0.2, 0) is 16.2 Å². The van der Waals surface area contributed by atoms with Gasteiger partial charge in [-0.2, -0.15) is 0 Å². The minimum Gasteiger partial charge on any atom is -0.488 e. The Morgan fingerprint density at radius 2 is 1.82 bits per heavy atom. The van der Waals surface area contributed by atoms with Crippen LogP contribution in [0.15, 0.2) is 53.4 Å². The second kappa shape index (κ2) is 10.2. The van der Waals surface area contributed by atoms with Crippen molar-refractivity contribution in [3.8, 4) is 5.75 Å². The van der Waals surface area contributed by atoms with Crippen molar-refractivity contribution in [3.63, 3.8) is 0 Å². The standard InChI is InChI=1S/C25H25FN2O4S/c1-17-10-12-27(13-11-17)23(29)15-28-24(30)22(33-25(28)31)14-18-6-3-5-9-21(18)32-16-19-7-2-4-8-20(19)26/h2-9,14,17H,10-13,15-16H2,1H3/b22-14+. The molecule has 0 radical (unpaired) electrons. The second-order valence-corrected chi connectivity index (χ2v) is 9.24. The maximum atomic E-state index is 13.9. The summed E-state index contributed by atoms with van der Waals surface area (Å²) in [7, 11) is 0. The third kappa shape index (κ3) is 5.45. The number of nitrogens with zero attached hydrogens (tertiary/aromatic N) is 2. The van der Waals surface area contributed by atoms with E-state index in [-0.39, 0.29) is 29.8 Å². The molecule has 6 nitrogen and oxygen atoms in total. The van der Waals surface area contributed by atoms with Crippen molar-refractivity contribution in [1.29, 1.82) is 0 Å². The molecule has 0 aliphatic carbocycles. The van der Waals surface area contributed by atoms with E-state index in [4.69, 9.17) is 4.74 Å². The summed E-state index contributed by atoms with van der Waals surface area (Å²) in [5, 5.41) is -0.463. The number of carbonyl (C=O) groups excluding carboxylic acids is 3. The van der Waals surface area contributed by atoms with Crippen LogP contribution in [0.5, 0.6) is 5.75 Å². The van der Waals surface area contributed by atoms with Crippen LogP contribution in [0, 0.1) is 11.7 Å². The lowest BCUT2D eigenvalue weighted by Crippen LogP contribution is -2.45. The summed E-state index contributed by atoms with van der Waals surface area (Å²) in [4.78, 5) is 40.9. The molecule has 172 valence electrons. The van der Waals surface area contributed by atoms with Crippen LogP contribution in [0.2, 0.25) is 0 Å². The number of likely N-dealkylation sites (tertiary alicyclic amines) is 1. The van der Waals surface area contributed by atoms with Gasteiger partial charge in [0.1, 0.15) is 24.7 Å². The van der Waals surface area contributed by atoms with Crippen LogP contribution in [0.25, 0.3) is 6.08 Å². The lowest BCUT2D eigenvalue weighted by Gasteiger charge is -2.31. The first-order valence-electron chi connectivity index (χ1n) is 10.9. The van der Waals surface area contributed by atoms with Gasteiger partial charge < -0.3 is 9.64 Å². The Morgan fingerprint density at radius 1 is 1.12 bits per heavy atom. The number of imide groups is 1. The van der Waals surface area contributed by atoms with Gasteiger partial charge in [-0.1, -0.05) is 43.3 Å². The zero-order valence-electron chi connectivity index (χ0n) is 18.3. The fourth-order valence-electron chi connectivity index (χ4n) is 3.77. The third-order valence-electron chi connectivity index (χ3n) is 5.85. The number of para-hydroxylation sites is 1. The Morgan fingerprint density at radius 3 is 2.58 bits per heavy atom. The van der Waals surface area contributed by atoms with Gasteiger partial charge in [0.25, 0.3) is 11.1 Å². The molecule has 2 aliphatic heterocycles. The summed E-state index contributed by atoms with van der Waals surface area (Å²) >= 11 is 0.804. The van der Waals surface area contributed by atoms with Gasteiger partial charge in [-0.05, 0) is 48.7 Å². The Balaban J connectivity index is 1.45. The van der Waals surface area contributed by atoms with Crippen LogP contribution < -0.4 is 4.74 Å².